The smallest absolute Gasteiger partial charge is 0.351 e. The lowest BCUT2D eigenvalue weighted by atomic mass is 10.2. The molecule has 1 aromatic carbocycles. The number of hydrogen-bond donors (Lipinski definition) is 0. The predicted molar refractivity (Wildman–Crippen MR) is 75.4 cm³/mol. The third-order valence-electron chi connectivity index (χ3n) is 2.65. The Kier molecular flexibility index (Phi) is 4.37. The van der Waals surface area contributed by atoms with E-state index in [9.17, 15) is 9.59 Å². The number of unbranched alkanes of at least 4 members (excludes halogenated alkanes) is 1. The van der Waals surface area contributed by atoms with E-state index in [1.165, 1.54) is 6.07 Å². The van der Waals surface area contributed by atoms with Gasteiger partial charge in [-0.1, -0.05) is 29.3 Å². The van der Waals surface area contributed by atoms with E-state index in [1.54, 1.807) is 18.2 Å². The van der Waals surface area contributed by atoms with E-state index >= 15 is 0 Å². The van der Waals surface area contributed by atoms with Gasteiger partial charge >= 0.3 is 11.6 Å². The molecule has 0 spiro atoms. The molecule has 2 rings (SSSR count). The molecule has 100 valence electrons. The Morgan fingerprint density at radius 1 is 1.37 bits per heavy atom. The number of carbonyl (C=O) groups excluding carboxylic acids is 1. The van der Waals surface area contributed by atoms with Crippen molar-refractivity contribution >= 4 is 32.9 Å². The van der Waals surface area contributed by atoms with E-state index in [0.717, 1.165) is 17.3 Å². The van der Waals surface area contributed by atoms with Crippen LogP contribution in [0.4, 0.5) is 0 Å². The predicted octanol–water partition coefficient (Wildman–Crippen LogP) is 3.51. The maximum absolute atomic E-state index is 11.8. The van der Waals surface area contributed by atoms with Crippen LogP contribution in [0.15, 0.2) is 37.9 Å². The molecule has 0 aliphatic rings. The maximum Gasteiger partial charge on any atom is 0.351 e. The lowest BCUT2D eigenvalue weighted by Crippen LogP contribution is -2.16. The van der Waals surface area contributed by atoms with Crippen molar-refractivity contribution in [3.63, 3.8) is 0 Å². The normalized spacial score (nSPS) is 10.6. The van der Waals surface area contributed by atoms with Crippen LogP contribution in [0.2, 0.25) is 0 Å². The molecular weight excluding hydrogens is 312 g/mol. The van der Waals surface area contributed by atoms with E-state index in [4.69, 9.17) is 9.15 Å². The Hall–Kier alpha value is -1.62. The number of carbonyl (C=O) groups is 1. The summed E-state index contributed by atoms with van der Waals surface area (Å²) in [6.07, 6.45) is 1.70. The Balaban J connectivity index is 2.35. The molecule has 0 saturated heterocycles. The largest absolute Gasteiger partial charge is 0.462 e. The second kappa shape index (κ2) is 6.02. The van der Waals surface area contributed by atoms with Gasteiger partial charge in [0, 0.05) is 9.86 Å². The Bertz CT molecular complexity index is 660. The average Bonchev–Trinajstić information content (AvgIpc) is 2.38. The van der Waals surface area contributed by atoms with Gasteiger partial charge in [-0.2, -0.15) is 0 Å². The maximum atomic E-state index is 11.8. The summed E-state index contributed by atoms with van der Waals surface area (Å²) in [7, 11) is 0. The van der Waals surface area contributed by atoms with E-state index in [1.807, 2.05) is 6.92 Å². The minimum Gasteiger partial charge on any atom is -0.462 e. The fourth-order valence-corrected chi connectivity index (χ4v) is 2.00. The van der Waals surface area contributed by atoms with Crippen LogP contribution in [0.1, 0.15) is 30.1 Å². The molecule has 1 aromatic heterocycles. The highest BCUT2D eigenvalue weighted by Gasteiger charge is 2.15. The van der Waals surface area contributed by atoms with Crippen molar-refractivity contribution in [1.29, 1.82) is 0 Å². The second-order valence-electron chi connectivity index (χ2n) is 4.12. The molecule has 0 fully saturated rings. The van der Waals surface area contributed by atoms with E-state index in [-0.39, 0.29) is 5.56 Å². The number of fused-ring (bicyclic) bond motifs is 1. The summed E-state index contributed by atoms with van der Waals surface area (Å²) in [5, 5.41) is 0.677. The van der Waals surface area contributed by atoms with Crippen molar-refractivity contribution in [1.82, 2.24) is 0 Å². The first kappa shape index (κ1) is 13.8. The van der Waals surface area contributed by atoms with Crippen LogP contribution >= 0.6 is 15.9 Å². The molecule has 0 saturated carbocycles. The van der Waals surface area contributed by atoms with Crippen LogP contribution in [0, 0.1) is 0 Å². The molecule has 19 heavy (non-hydrogen) atoms. The van der Waals surface area contributed by atoms with Crippen LogP contribution in [-0.2, 0) is 4.74 Å². The summed E-state index contributed by atoms with van der Waals surface area (Å²) in [5.74, 6) is -0.635. The summed E-state index contributed by atoms with van der Waals surface area (Å²) in [4.78, 5) is 23.5. The molecule has 5 heteroatoms. The quantitative estimate of drug-likeness (QED) is 0.490. The fourth-order valence-electron chi connectivity index (χ4n) is 1.62. The molecule has 1 heterocycles. The van der Waals surface area contributed by atoms with Gasteiger partial charge in [0.15, 0.2) is 0 Å². The molecule has 0 bridgehead atoms. The van der Waals surface area contributed by atoms with E-state index in [0.29, 0.717) is 17.6 Å². The van der Waals surface area contributed by atoms with Crippen molar-refractivity contribution < 1.29 is 13.9 Å². The van der Waals surface area contributed by atoms with Gasteiger partial charge in [-0.3, -0.25) is 0 Å². The number of benzene rings is 1. The Labute approximate surface area is 118 Å². The van der Waals surface area contributed by atoms with Crippen LogP contribution in [0.3, 0.4) is 0 Å². The third kappa shape index (κ3) is 3.23. The van der Waals surface area contributed by atoms with E-state index in [2.05, 4.69) is 15.9 Å². The van der Waals surface area contributed by atoms with Gasteiger partial charge in [0.2, 0.25) is 0 Å². The van der Waals surface area contributed by atoms with Crippen molar-refractivity contribution in [2.45, 2.75) is 19.8 Å². The van der Waals surface area contributed by atoms with E-state index < -0.39 is 11.6 Å². The standard InChI is InChI=1S/C14H13BrO4/c1-2-3-6-18-13(16)11-8-9-7-10(15)4-5-12(9)19-14(11)17/h4-5,7-8H,2-3,6H2,1H3. The number of esters is 1. The summed E-state index contributed by atoms with van der Waals surface area (Å²) < 4.78 is 11.0. The van der Waals surface area contributed by atoms with Gasteiger partial charge in [-0.25, -0.2) is 9.59 Å². The minimum atomic E-state index is -0.670. The molecule has 0 aliphatic heterocycles. The molecule has 0 atom stereocenters. The molecule has 0 radical (unpaired) electrons. The zero-order valence-electron chi connectivity index (χ0n) is 10.4. The number of hydrogen-bond acceptors (Lipinski definition) is 4. The van der Waals surface area contributed by atoms with Crippen LogP contribution in [0.5, 0.6) is 0 Å². The highest BCUT2D eigenvalue weighted by atomic mass is 79.9. The molecule has 0 amide bonds. The van der Waals surface area contributed by atoms with Crippen molar-refractivity contribution in [2.75, 3.05) is 6.61 Å². The third-order valence-corrected chi connectivity index (χ3v) is 3.14. The van der Waals surface area contributed by atoms with Gasteiger partial charge < -0.3 is 9.15 Å². The van der Waals surface area contributed by atoms with Crippen molar-refractivity contribution in [3.05, 3.63) is 44.7 Å². The van der Waals surface area contributed by atoms with Crippen LogP contribution in [-0.4, -0.2) is 12.6 Å². The summed E-state index contributed by atoms with van der Waals surface area (Å²) in [6.45, 7) is 2.31. The van der Waals surface area contributed by atoms with Gasteiger partial charge in [-0.05, 0) is 30.7 Å². The average molecular weight is 325 g/mol. The zero-order chi connectivity index (χ0) is 13.8. The van der Waals surface area contributed by atoms with Crippen LogP contribution < -0.4 is 5.63 Å². The first-order valence-corrected chi connectivity index (χ1v) is 6.81. The topological polar surface area (TPSA) is 56.5 Å². The number of rotatable bonds is 4. The van der Waals surface area contributed by atoms with Crippen molar-refractivity contribution in [3.8, 4) is 0 Å². The second-order valence-corrected chi connectivity index (χ2v) is 5.03. The summed E-state index contributed by atoms with van der Waals surface area (Å²) in [5.41, 5.74) is -0.295. The Morgan fingerprint density at radius 2 is 2.16 bits per heavy atom. The van der Waals surface area contributed by atoms with Gasteiger partial charge in [0.05, 0.1) is 6.61 Å². The first-order chi connectivity index (χ1) is 9.11. The number of ether oxygens (including phenoxy) is 1. The van der Waals surface area contributed by atoms with Gasteiger partial charge in [-0.15, -0.1) is 0 Å². The summed E-state index contributed by atoms with van der Waals surface area (Å²) in [6, 6.07) is 6.72. The highest BCUT2D eigenvalue weighted by molar-refractivity contribution is 9.10. The lowest BCUT2D eigenvalue weighted by Gasteiger charge is -2.04. The summed E-state index contributed by atoms with van der Waals surface area (Å²) >= 11 is 3.33. The molecule has 0 aliphatic carbocycles. The van der Waals surface area contributed by atoms with Crippen LogP contribution in [0.25, 0.3) is 11.0 Å². The SMILES string of the molecule is CCCCOC(=O)c1cc2cc(Br)ccc2oc1=O. The lowest BCUT2D eigenvalue weighted by molar-refractivity contribution is 0.0495. The molecule has 2 aromatic rings. The highest BCUT2D eigenvalue weighted by Crippen LogP contribution is 2.19. The van der Waals surface area contributed by atoms with Gasteiger partial charge in [0.1, 0.15) is 11.1 Å². The molecular formula is C14H13BrO4. The Morgan fingerprint density at radius 3 is 2.89 bits per heavy atom. The molecule has 0 N–H and O–H groups in total. The number of halogens is 1. The zero-order valence-corrected chi connectivity index (χ0v) is 12.0. The molecule has 4 nitrogen and oxygen atoms in total. The monoisotopic (exact) mass is 324 g/mol. The van der Waals surface area contributed by atoms with Gasteiger partial charge in [0.25, 0.3) is 0 Å². The first-order valence-electron chi connectivity index (χ1n) is 6.02. The minimum absolute atomic E-state index is 0.0679. The molecule has 0 unspecified atom stereocenters. The fraction of sp³-hybridized carbons (Fsp3) is 0.286. The van der Waals surface area contributed by atoms with Crippen molar-refractivity contribution in [2.24, 2.45) is 0 Å².